The van der Waals surface area contributed by atoms with Gasteiger partial charge in [0, 0.05) is 66.8 Å². The quantitative estimate of drug-likeness (QED) is 0.229. The van der Waals surface area contributed by atoms with Gasteiger partial charge in [-0.05, 0) is 35.6 Å². The summed E-state index contributed by atoms with van der Waals surface area (Å²) in [6.07, 6.45) is 1.94. The predicted octanol–water partition coefficient (Wildman–Crippen LogP) is 5.98. The van der Waals surface area contributed by atoms with Gasteiger partial charge in [0.15, 0.2) is 0 Å². The monoisotopic (exact) mass is 596 g/mol. The summed E-state index contributed by atoms with van der Waals surface area (Å²) in [5.41, 5.74) is 5.70. The average Bonchev–Trinajstić information content (AvgIpc) is 3.51. The van der Waals surface area contributed by atoms with Crippen molar-refractivity contribution in [3.05, 3.63) is 134 Å². The fourth-order valence-corrected chi connectivity index (χ4v) is 18.2. The minimum absolute atomic E-state index is 1.03. The molecule has 0 spiro atoms. The Bertz CT molecular complexity index is 2290. The molecule has 0 amide bonds. The molecule has 0 radical (unpaired) electrons. The van der Waals surface area contributed by atoms with Crippen LogP contribution in [0.1, 0.15) is 0 Å². The smallest absolute Gasteiger partial charge is 0.0806 e. The first-order valence-corrected chi connectivity index (χ1v) is 19.2. The summed E-state index contributed by atoms with van der Waals surface area (Å²) in [5.74, 6) is 0. The summed E-state index contributed by atoms with van der Waals surface area (Å²) >= 11 is 13.8. The van der Waals surface area contributed by atoms with Crippen LogP contribution in [0.15, 0.2) is 134 Å². The lowest BCUT2D eigenvalue weighted by Crippen LogP contribution is -2.47. The van der Waals surface area contributed by atoms with Crippen LogP contribution in [-0.2, 0) is 23.6 Å². The molecule has 4 heterocycles. The summed E-state index contributed by atoms with van der Waals surface area (Å²) in [5, 5.41) is 9.84. The Kier molecular flexibility index (Phi) is 4.94. The summed E-state index contributed by atoms with van der Waals surface area (Å²) in [6, 6.07) is 41.0. The number of hydrogen-bond acceptors (Lipinski definition) is 3. The Morgan fingerprint density at radius 3 is 1.95 bits per heavy atom. The van der Waals surface area contributed by atoms with Crippen molar-refractivity contribution >= 4 is 89.3 Å². The molecule has 0 bridgehead atoms. The van der Waals surface area contributed by atoms with Crippen LogP contribution in [0.2, 0.25) is 0 Å². The first kappa shape index (κ1) is 24.0. The van der Waals surface area contributed by atoms with Crippen LogP contribution in [0.25, 0.3) is 38.8 Å². The van der Waals surface area contributed by atoms with Crippen LogP contribution in [0.4, 0.5) is 0 Å². The molecule has 0 fully saturated rings. The number of fused-ring (bicyclic) bond motifs is 8. The number of rotatable bonds is 2. The van der Waals surface area contributed by atoms with Crippen molar-refractivity contribution in [1.29, 1.82) is 0 Å². The minimum Gasteiger partial charge on any atom is -0.309 e. The Hall–Kier alpha value is -3.65. The van der Waals surface area contributed by atoms with Crippen molar-refractivity contribution in [3.63, 3.8) is 0 Å². The molecule has 0 saturated heterocycles. The van der Waals surface area contributed by atoms with Gasteiger partial charge in [-0.2, -0.15) is 0 Å². The standard InChI is InChI=1S/C35H22N2P2S2/c40-38(24-10-2-1-3-11-24)31-19-18-23(37-28-15-7-4-12-25(28)26-13-5-8-16-29(26)37)22-33(31)39(41)30-17-9-6-14-27(30)34-35(39)32(38)20-21-36-34/h1-22H. The molecule has 0 aliphatic carbocycles. The van der Waals surface area contributed by atoms with E-state index in [-0.39, 0.29) is 0 Å². The first-order valence-electron chi connectivity index (χ1n) is 13.6. The highest BCUT2D eigenvalue weighted by molar-refractivity contribution is 8.32. The van der Waals surface area contributed by atoms with Gasteiger partial charge >= 0.3 is 0 Å². The number of pyridine rings is 1. The molecular formula is C35H22N2P2S2. The minimum atomic E-state index is -2.40. The lowest BCUT2D eigenvalue weighted by Gasteiger charge is -2.38. The van der Waals surface area contributed by atoms with Crippen LogP contribution in [0, 0.1) is 0 Å². The molecule has 0 N–H and O–H groups in total. The SMILES string of the molecule is S=P1(c2ccccc2)c2ccc(-n3c4ccccc4c4ccccc43)cc2P2(=S)c3ccccc3-c3nccc1c32. The average molecular weight is 597 g/mol. The van der Waals surface area contributed by atoms with Crippen LogP contribution in [0.5, 0.6) is 0 Å². The molecule has 6 heteroatoms. The molecule has 2 atom stereocenters. The van der Waals surface area contributed by atoms with E-state index in [9.17, 15) is 0 Å². The van der Waals surface area contributed by atoms with Crippen LogP contribution < -0.4 is 31.8 Å². The maximum atomic E-state index is 6.94. The summed E-state index contributed by atoms with van der Waals surface area (Å²) in [4.78, 5) is 4.95. The van der Waals surface area contributed by atoms with Gasteiger partial charge in [-0.3, -0.25) is 4.98 Å². The highest BCUT2D eigenvalue weighted by Crippen LogP contribution is 2.59. The molecule has 2 unspecified atom stereocenters. The number of aromatic nitrogens is 2. The first-order chi connectivity index (χ1) is 20.1. The van der Waals surface area contributed by atoms with Gasteiger partial charge in [0.2, 0.25) is 0 Å². The molecular weight excluding hydrogens is 574 g/mol. The van der Waals surface area contributed by atoms with Crippen molar-refractivity contribution in [1.82, 2.24) is 9.55 Å². The molecule has 41 heavy (non-hydrogen) atoms. The molecule has 2 aromatic heterocycles. The number of hydrogen-bond donors (Lipinski definition) is 0. The molecule has 194 valence electrons. The third-order valence-corrected chi connectivity index (χ3v) is 18.9. The van der Waals surface area contributed by atoms with E-state index in [2.05, 4.69) is 132 Å². The number of para-hydroxylation sites is 2. The van der Waals surface area contributed by atoms with E-state index in [1.165, 1.54) is 53.6 Å². The summed E-state index contributed by atoms with van der Waals surface area (Å²) in [7, 11) is 0. The fraction of sp³-hybridized carbons (Fsp3) is 0. The van der Waals surface area contributed by atoms with E-state index in [1.807, 2.05) is 6.20 Å². The van der Waals surface area contributed by atoms with Crippen molar-refractivity contribution in [3.8, 4) is 16.9 Å². The zero-order valence-electron chi connectivity index (χ0n) is 21.8. The highest BCUT2D eigenvalue weighted by atomic mass is 32.4. The zero-order valence-corrected chi connectivity index (χ0v) is 25.2. The molecule has 0 saturated carbocycles. The van der Waals surface area contributed by atoms with E-state index in [1.54, 1.807) is 0 Å². The van der Waals surface area contributed by atoms with Gasteiger partial charge in [0.1, 0.15) is 0 Å². The molecule has 5 aromatic carbocycles. The van der Waals surface area contributed by atoms with E-state index < -0.39 is 12.1 Å². The van der Waals surface area contributed by atoms with Gasteiger partial charge in [-0.1, -0.05) is 121 Å². The third kappa shape index (κ3) is 2.96. The Morgan fingerprint density at radius 2 is 1.20 bits per heavy atom. The zero-order chi connectivity index (χ0) is 27.3. The molecule has 2 aliphatic heterocycles. The second-order valence-electron chi connectivity index (χ2n) is 10.6. The van der Waals surface area contributed by atoms with Gasteiger partial charge in [-0.25, -0.2) is 0 Å². The number of nitrogens with zero attached hydrogens (tertiary/aromatic N) is 2. The largest absolute Gasteiger partial charge is 0.309 e. The Morgan fingerprint density at radius 1 is 0.537 bits per heavy atom. The van der Waals surface area contributed by atoms with Crippen molar-refractivity contribution in [2.24, 2.45) is 0 Å². The van der Waals surface area contributed by atoms with Crippen LogP contribution in [-0.4, -0.2) is 9.55 Å². The fourth-order valence-electron chi connectivity index (χ4n) is 6.94. The van der Waals surface area contributed by atoms with E-state index in [0.29, 0.717) is 0 Å². The van der Waals surface area contributed by atoms with Crippen molar-refractivity contribution < 1.29 is 0 Å². The molecule has 7 aromatic rings. The normalized spacial score (nSPS) is 20.1. The second-order valence-corrected chi connectivity index (χ2v) is 19.3. The molecule has 2 aliphatic rings. The highest BCUT2D eigenvalue weighted by Gasteiger charge is 2.48. The van der Waals surface area contributed by atoms with E-state index >= 15 is 0 Å². The molecule has 2 nitrogen and oxygen atoms in total. The van der Waals surface area contributed by atoms with Crippen molar-refractivity contribution in [2.45, 2.75) is 0 Å². The van der Waals surface area contributed by atoms with E-state index in [4.69, 9.17) is 28.6 Å². The van der Waals surface area contributed by atoms with E-state index in [0.717, 1.165) is 16.9 Å². The van der Waals surface area contributed by atoms with Gasteiger partial charge in [0.05, 0.1) is 16.7 Å². The Labute approximate surface area is 248 Å². The lowest BCUT2D eigenvalue weighted by molar-refractivity contribution is 1.18. The maximum Gasteiger partial charge on any atom is 0.0806 e. The summed E-state index contributed by atoms with van der Waals surface area (Å²) in [6.45, 7) is 0. The predicted molar refractivity (Wildman–Crippen MR) is 183 cm³/mol. The number of benzene rings is 5. The topological polar surface area (TPSA) is 17.8 Å². The summed E-state index contributed by atoms with van der Waals surface area (Å²) < 4.78 is 2.39. The third-order valence-electron chi connectivity index (χ3n) is 8.65. The van der Waals surface area contributed by atoms with Crippen molar-refractivity contribution in [2.75, 3.05) is 0 Å². The van der Waals surface area contributed by atoms with Crippen LogP contribution >= 0.6 is 12.1 Å². The lowest BCUT2D eigenvalue weighted by atomic mass is 10.1. The molecule has 9 rings (SSSR count). The Balaban J connectivity index is 1.44. The van der Waals surface area contributed by atoms with Gasteiger partial charge in [-0.15, -0.1) is 0 Å². The van der Waals surface area contributed by atoms with Crippen LogP contribution in [0.3, 0.4) is 0 Å². The maximum absolute atomic E-state index is 6.94. The van der Waals surface area contributed by atoms with Gasteiger partial charge in [0.25, 0.3) is 0 Å². The van der Waals surface area contributed by atoms with Gasteiger partial charge < -0.3 is 4.57 Å². The second kappa shape index (κ2) is 8.44.